The maximum atomic E-state index is 13.8. The van der Waals surface area contributed by atoms with E-state index in [1.807, 2.05) is 18.2 Å². The van der Waals surface area contributed by atoms with Crippen molar-refractivity contribution >= 4 is 23.9 Å². The summed E-state index contributed by atoms with van der Waals surface area (Å²) >= 11 is 0. The van der Waals surface area contributed by atoms with Gasteiger partial charge in [0, 0.05) is 32.0 Å². The first-order valence-electron chi connectivity index (χ1n) is 16.7. The van der Waals surface area contributed by atoms with Gasteiger partial charge in [-0.15, -0.1) is 0 Å². The molecule has 1 aromatic carbocycles. The van der Waals surface area contributed by atoms with Crippen LogP contribution in [0.4, 0.5) is 10.8 Å². The van der Waals surface area contributed by atoms with Gasteiger partial charge in [-0.25, -0.2) is 4.79 Å². The van der Waals surface area contributed by atoms with Gasteiger partial charge >= 0.3 is 12.1 Å². The number of fused-ring (bicyclic) bond motifs is 1. The predicted octanol–water partition coefficient (Wildman–Crippen LogP) is 4.65. The number of nitrogens with zero attached hydrogens (tertiary/aromatic N) is 5. The second kappa shape index (κ2) is 13.9. The molecule has 12 nitrogen and oxygen atoms in total. The van der Waals surface area contributed by atoms with Gasteiger partial charge in [0.25, 0.3) is 0 Å². The number of nitrogens with two attached hydrogens (primary N) is 1. The fourth-order valence-corrected chi connectivity index (χ4v) is 6.75. The van der Waals surface area contributed by atoms with E-state index in [-0.39, 0.29) is 18.4 Å². The molecule has 5 rings (SSSR count). The highest BCUT2D eigenvalue weighted by molar-refractivity contribution is 5.91. The number of hydrogen-bond acceptors (Lipinski definition) is 9. The third-order valence-electron chi connectivity index (χ3n) is 9.49. The molecule has 3 atom stereocenters. The second-order valence-corrected chi connectivity index (χ2v) is 14.4. The van der Waals surface area contributed by atoms with Crippen LogP contribution >= 0.6 is 0 Å². The van der Waals surface area contributed by atoms with E-state index < -0.39 is 29.7 Å². The number of carbonyl (C=O) groups excluding carboxylic acids is 3. The van der Waals surface area contributed by atoms with Gasteiger partial charge < -0.3 is 29.5 Å². The van der Waals surface area contributed by atoms with Crippen LogP contribution in [0.3, 0.4) is 0 Å². The van der Waals surface area contributed by atoms with Crippen molar-refractivity contribution in [2.45, 2.75) is 110 Å². The van der Waals surface area contributed by atoms with Crippen molar-refractivity contribution in [1.29, 1.82) is 0 Å². The van der Waals surface area contributed by atoms with Crippen LogP contribution < -0.4 is 15.4 Å². The zero-order valence-corrected chi connectivity index (χ0v) is 28.2. The van der Waals surface area contributed by atoms with E-state index in [0.717, 1.165) is 55.1 Å². The summed E-state index contributed by atoms with van der Waals surface area (Å²) < 4.78 is 17.4. The number of ether oxygens (including phenoxy) is 2. The fourth-order valence-electron chi connectivity index (χ4n) is 6.75. The standard InChI is InChI=1S/C34H50N6O6/c1-21(2)30-36-32(46-37-30)38-15-11-23(12-16-38)22(3)13-17-44-26-10-9-24-19-28(31(42)39-14-7-8-27(39)29(35)41)40(20-25(24)18-26)33(43)45-34(4,5)6/h9-10,18,21-23,27-28H,7-8,11-17,19-20H2,1-6H3,(H2,35,41)/t22-,27+,28+/m1/s1. The number of likely N-dealkylation sites (tertiary alicyclic amines) is 1. The van der Waals surface area contributed by atoms with Crippen molar-refractivity contribution in [3.05, 3.63) is 35.2 Å². The SMILES string of the molecule is CC(C)c1noc(N2CCC([C@H](C)CCOc3ccc4c(c3)CN(C(=O)OC(C)(C)C)[C@H](C(=O)N3CCC[C@H]3C(N)=O)C4)CC2)n1. The van der Waals surface area contributed by atoms with E-state index in [1.165, 1.54) is 9.80 Å². The fraction of sp³-hybridized carbons (Fsp3) is 0.676. The van der Waals surface area contributed by atoms with Crippen LogP contribution in [0.1, 0.15) is 96.5 Å². The van der Waals surface area contributed by atoms with E-state index in [2.05, 4.69) is 35.8 Å². The number of piperidine rings is 1. The lowest BCUT2D eigenvalue weighted by molar-refractivity contribution is -0.142. The highest BCUT2D eigenvalue weighted by atomic mass is 16.6. The number of anilines is 1. The minimum Gasteiger partial charge on any atom is -0.494 e. The van der Waals surface area contributed by atoms with Crippen LogP contribution in [0.5, 0.6) is 5.75 Å². The normalized spacial score (nSPS) is 21.3. The Morgan fingerprint density at radius 2 is 1.76 bits per heavy atom. The molecule has 0 radical (unpaired) electrons. The quantitative estimate of drug-likeness (QED) is 0.415. The van der Waals surface area contributed by atoms with Crippen molar-refractivity contribution in [3.8, 4) is 5.75 Å². The van der Waals surface area contributed by atoms with Crippen molar-refractivity contribution in [2.75, 3.05) is 31.1 Å². The van der Waals surface area contributed by atoms with Crippen LogP contribution in [0.25, 0.3) is 0 Å². The van der Waals surface area contributed by atoms with Gasteiger partial charge in [0.2, 0.25) is 11.8 Å². The number of benzene rings is 1. The molecule has 2 saturated heterocycles. The number of carbonyl (C=O) groups is 3. The monoisotopic (exact) mass is 638 g/mol. The number of rotatable bonds is 9. The van der Waals surface area contributed by atoms with E-state index in [1.54, 1.807) is 20.8 Å². The summed E-state index contributed by atoms with van der Waals surface area (Å²) in [6, 6.07) is 5.08. The molecular formula is C34H50N6O6. The van der Waals surface area contributed by atoms with Crippen LogP contribution in [0, 0.1) is 11.8 Å². The molecule has 46 heavy (non-hydrogen) atoms. The molecule has 2 aromatic rings. The Bertz CT molecular complexity index is 1390. The molecule has 12 heteroatoms. The van der Waals surface area contributed by atoms with E-state index in [4.69, 9.17) is 19.7 Å². The molecule has 0 unspecified atom stereocenters. The van der Waals surface area contributed by atoms with Gasteiger partial charge in [-0.2, -0.15) is 4.98 Å². The van der Waals surface area contributed by atoms with E-state index >= 15 is 0 Å². The van der Waals surface area contributed by atoms with Crippen molar-refractivity contribution in [3.63, 3.8) is 0 Å². The Morgan fingerprint density at radius 3 is 2.41 bits per heavy atom. The van der Waals surface area contributed by atoms with Crippen molar-refractivity contribution in [1.82, 2.24) is 19.9 Å². The van der Waals surface area contributed by atoms with Crippen LogP contribution in [-0.2, 0) is 27.3 Å². The highest BCUT2D eigenvalue weighted by Crippen LogP contribution is 2.33. The molecule has 3 aliphatic heterocycles. The van der Waals surface area contributed by atoms with Gasteiger partial charge in [-0.1, -0.05) is 32.0 Å². The molecule has 0 saturated carbocycles. The average molecular weight is 639 g/mol. The number of hydrogen-bond donors (Lipinski definition) is 1. The summed E-state index contributed by atoms with van der Waals surface area (Å²) in [5.41, 5.74) is 6.77. The molecule has 0 aliphatic carbocycles. The van der Waals surface area contributed by atoms with Gasteiger partial charge in [-0.3, -0.25) is 14.5 Å². The Morgan fingerprint density at radius 1 is 1.02 bits per heavy atom. The first-order chi connectivity index (χ1) is 21.8. The van der Waals surface area contributed by atoms with Crippen molar-refractivity contribution in [2.24, 2.45) is 17.6 Å². The maximum absolute atomic E-state index is 13.8. The minimum absolute atomic E-state index is 0.209. The third-order valence-corrected chi connectivity index (χ3v) is 9.49. The Labute approximate surface area is 271 Å². The zero-order chi connectivity index (χ0) is 33.2. The zero-order valence-electron chi connectivity index (χ0n) is 28.2. The molecular weight excluding hydrogens is 588 g/mol. The lowest BCUT2D eigenvalue weighted by Crippen LogP contribution is -2.56. The third kappa shape index (κ3) is 7.75. The molecule has 2 fully saturated rings. The lowest BCUT2D eigenvalue weighted by atomic mass is 9.84. The molecule has 252 valence electrons. The molecule has 2 N–H and O–H groups in total. The first-order valence-corrected chi connectivity index (χ1v) is 16.7. The van der Waals surface area contributed by atoms with Gasteiger partial charge in [0.1, 0.15) is 23.4 Å². The topological polar surface area (TPSA) is 144 Å². The second-order valence-electron chi connectivity index (χ2n) is 14.4. The summed E-state index contributed by atoms with van der Waals surface area (Å²) in [5.74, 6) is 2.03. The van der Waals surface area contributed by atoms with E-state index in [9.17, 15) is 14.4 Å². The maximum Gasteiger partial charge on any atom is 0.411 e. The average Bonchev–Trinajstić information content (AvgIpc) is 3.70. The van der Waals surface area contributed by atoms with Crippen LogP contribution in [0.2, 0.25) is 0 Å². The Hall–Kier alpha value is -3.83. The number of amides is 3. The van der Waals surface area contributed by atoms with Gasteiger partial charge in [0.15, 0.2) is 5.82 Å². The summed E-state index contributed by atoms with van der Waals surface area (Å²) in [7, 11) is 0. The summed E-state index contributed by atoms with van der Waals surface area (Å²) in [5, 5.41) is 4.10. The van der Waals surface area contributed by atoms with Crippen LogP contribution in [0.15, 0.2) is 22.7 Å². The number of primary amides is 1. The summed E-state index contributed by atoms with van der Waals surface area (Å²) in [4.78, 5) is 48.9. The Kier molecular flexibility index (Phi) is 10.1. The highest BCUT2D eigenvalue weighted by Gasteiger charge is 2.43. The van der Waals surface area contributed by atoms with Crippen molar-refractivity contribution < 1.29 is 28.4 Å². The molecule has 0 spiro atoms. The molecule has 0 bridgehead atoms. The molecule has 1 aromatic heterocycles. The summed E-state index contributed by atoms with van der Waals surface area (Å²) in [6.45, 7) is 14.9. The largest absolute Gasteiger partial charge is 0.494 e. The lowest BCUT2D eigenvalue weighted by Gasteiger charge is -2.39. The Balaban J connectivity index is 1.18. The first kappa shape index (κ1) is 33.5. The summed E-state index contributed by atoms with van der Waals surface area (Å²) in [6.07, 6.45) is 4.07. The predicted molar refractivity (Wildman–Crippen MR) is 172 cm³/mol. The number of aromatic nitrogens is 2. The molecule has 3 amide bonds. The van der Waals surface area contributed by atoms with Crippen LogP contribution in [-0.4, -0.2) is 81.8 Å². The molecule has 4 heterocycles. The van der Waals surface area contributed by atoms with E-state index in [0.29, 0.717) is 50.3 Å². The van der Waals surface area contributed by atoms with Gasteiger partial charge in [0.05, 0.1) is 13.2 Å². The van der Waals surface area contributed by atoms with Gasteiger partial charge in [-0.05, 0) is 88.0 Å². The smallest absolute Gasteiger partial charge is 0.411 e. The molecule has 3 aliphatic rings. The minimum atomic E-state index is -0.779.